The van der Waals surface area contributed by atoms with Crippen molar-refractivity contribution in [1.29, 1.82) is 0 Å². The molecule has 1 atom stereocenters. The first-order chi connectivity index (χ1) is 12.2. The van der Waals surface area contributed by atoms with E-state index >= 15 is 0 Å². The number of aryl methyl sites for hydroxylation is 3. The molecule has 3 heterocycles. The van der Waals surface area contributed by atoms with Gasteiger partial charge in [-0.15, -0.1) is 11.3 Å². The molecule has 134 valence electrons. The Hall–Kier alpha value is -1.77. The average Bonchev–Trinajstić information content (AvgIpc) is 3.18. The van der Waals surface area contributed by atoms with Crippen LogP contribution in [0.5, 0.6) is 0 Å². The molecular weight excluding hydrogens is 338 g/mol. The van der Waals surface area contributed by atoms with Gasteiger partial charge in [-0.3, -0.25) is 9.69 Å². The summed E-state index contributed by atoms with van der Waals surface area (Å²) in [4.78, 5) is 24.8. The predicted molar refractivity (Wildman–Crippen MR) is 97.1 cm³/mol. The van der Waals surface area contributed by atoms with E-state index in [-0.39, 0.29) is 11.7 Å². The van der Waals surface area contributed by atoms with Crippen LogP contribution < -0.4 is 10.9 Å². The molecule has 1 saturated heterocycles. The van der Waals surface area contributed by atoms with Crippen LogP contribution in [0, 0.1) is 0 Å². The zero-order valence-corrected chi connectivity index (χ0v) is 15.2. The highest BCUT2D eigenvalue weighted by molar-refractivity contribution is 7.11. The van der Waals surface area contributed by atoms with Crippen LogP contribution in [0.4, 0.5) is 5.82 Å². The molecule has 0 amide bonds. The lowest BCUT2D eigenvalue weighted by Gasteiger charge is -2.32. The van der Waals surface area contributed by atoms with Crippen molar-refractivity contribution >= 4 is 17.2 Å². The van der Waals surface area contributed by atoms with E-state index in [1.807, 2.05) is 11.3 Å². The number of morpholine rings is 1. The largest absolute Gasteiger partial charge is 0.374 e. The van der Waals surface area contributed by atoms with Gasteiger partial charge < -0.3 is 14.6 Å². The summed E-state index contributed by atoms with van der Waals surface area (Å²) in [6.07, 6.45) is 6.92. The SMILES string of the molecule is Cn1ccnc(NC[C@H]2CN(Cc3nc4c(s3)CCC4)CCO2)c1=O. The molecule has 2 aromatic rings. The molecule has 0 spiro atoms. The number of aromatic nitrogens is 3. The average molecular weight is 361 g/mol. The van der Waals surface area contributed by atoms with E-state index in [0.717, 1.165) is 26.1 Å². The van der Waals surface area contributed by atoms with E-state index < -0.39 is 0 Å². The van der Waals surface area contributed by atoms with E-state index in [1.54, 1.807) is 19.4 Å². The van der Waals surface area contributed by atoms with Gasteiger partial charge in [0.05, 0.1) is 24.9 Å². The molecule has 1 fully saturated rings. The quantitative estimate of drug-likeness (QED) is 0.858. The lowest BCUT2D eigenvalue weighted by atomic mass is 10.2. The highest BCUT2D eigenvalue weighted by Gasteiger charge is 2.23. The maximum absolute atomic E-state index is 12.0. The smallest absolute Gasteiger partial charge is 0.293 e. The monoisotopic (exact) mass is 361 g/mol. The summed E-state index contributed by atoms with van der Waals surface area (Å²) in [5.41, 5.74) is 1.20. The Morgan fingerprint density at radius 3 is 3.24 bits per heavy atom. The van der Waals surface area contributed by atoms with Gasteiger partial charge in [0.25, 0.3) is 5.56 Å². The lowest BCUT2D eigenvalue weighted by Crippen LogP contribution is -2.45. The number of anilines is 1. The van der Waals surface area contributed by atoms with Crippen LogP contribution in [0.15, 0.2) is 17.2 Å². The zero-order valence-electron chi connectivity index (χ0n) is 14.4. The first-order valence-corrected chi connectivity index (χ1v) is 9.57. The van der Waals surface area contributed by atoms with Gasteiger partial charge in [0.2, 0.25) is 0 Å². The van der Waals surface area contributed by atoms with Crippen molar-refractivity contribution in [2.24, 2.45) is 7.05 Å². The molecule has 1 aliphatic carbocycles. The van der Waals surface area contributed by atoms with Crippen LogP contribution in [0.3, 0.4) is 0 Å². The molecule has 25 heavy (non-hydrogen) atoms. The summed E-state index contributed by atoms with van der Waals surface area (Å²) < 4.78 is 7.36. The van der Waals surface area contributed by atoms with Crippen molar-refractivity contribution in [2.75, 3.05) is 31.6 Å². The second kappa shape index (κ2) is 7.23. The van der Waals surface area contributed by atoms with Crippen LogP contribution in [-0.4, -0.2) is 51.8 Å². The number of nitrogens with zero attached hydrogens (tertiary/aromatic N) is 4. The molecular formula is C17H23N5O2S. The lowest BCUT2D eigenvalue weighted by molar-refractivity contribution is -0.0241. The maximum Gasteiger partial charge on any atom is 0.293 e. The maximum atomic E-state index is 12.0. The molecule has 1 N–H and O–H groups in total. The molecule has 4 rings (SSSR count). The van der Waals surface area contributed by atoms with E-state index in [4.69, 9.17) is 9.72 Å². The molecule has 1 aliphatic heterocycles. The first kappa shape index (κ1) is 16.7. The van der Waals surface area contributed by atoms with E-state index in [0.29, 0.717) is 19.0 Å². The van der Waals surface area contributed by atoms with Crippen molar-refractivity contribution < 1.29 is 4.74 Å². The Labute approximate surface area is 150 Å². The summed E-state index contributed by atoms with van der Waals surface area (Å²) in [7, 11) is 1.72. The minimum absolute atomic E-state index is 0.0484. The van der Waals surface area contributed by atoms with E-state index in [2.05, 4.69) is 15.2 Å². The minimum atomic E-state index is -0.118. The molecule has 8 heteroatoms. The zero-order chi connectivity index (χ0) is 17.2. The predicted octanol–water partition coefficient (Wildman–Crippen LogP) is 1.04. The highest BCUT2D eigenvalue weighted by atomic mass is 32.1. The number of nitrogens with one attached hydrogen (secondary N) is 1. The van der Waals surface area contributed by atoms with Crippen LogP contribution in [0.25, 0.3) is 0 Å². The molecule has 0 saturated carbocycles. The van der Waals surface area contributed by atoms with Crippen molar-refractivity contribution in [2.45, 2.75) is 31.9 Å². The van der Waals surface area contributed by atoms with Gasteiger partial charge >= 0.3 is 0 Å². The summed E-state index contributed by atoms with van der Waals surface area (Å²) in [5.74, 6) is 0.377. The fraction of sp³-hybridized carbons (Fsp3) is 0.588. The number of hydrogen-bond donors (Lipinski definition) is 1. The van der Waals surface area contributed by atoms with Gasteiger partial charge in [-0.2, -0.15) is 0 Å². The Bertz CT molecular complexity index is 781. The third kappa shape index (κ3) is 3.75. The topological polar surface area (TPSA) is 72.3 Å². The van der Waals surface area contributed by atoms with Crippen molar-refractivity contribution in [3.8, 4) is 0 Å². The van der Waals surface area contributed by atoms with Crippen LogP contribution in [0.1, 0.15) is 22.0 Å². The van der Waals surface area contributed by atoms with Crippen LogP contribution in [0.2, 0.25) is 0 Å². The molecule has 0 aromatic carbocycles. The van der Waals surface area contributed by atoms with Crippen LogP contribution >= 0.6 is 11.3 Å². The summed E-state index contributed by atoms with van der Waals surface area (Å²) in [6.45, 7) is 3.94. The molecule has 2 aliphatic rings. The molecule has 0 bridgehead atoms. The van der Waals surface area contributed by atoms with Crippen molar-refractivity contribution in [3.05, 3.63) is 38.3 Å². The fourth-order valence-corrected chi connectivity index (χ4v) is 4.58. The number of ether oxygens (including phenoxy) is 1. The summed E-state index contributed by atoms with van der Waals surface area (Å²) in [6, 6.07) is 0. The standard InChI is InChI=1S/C17H23N5O2S/c1-21-6-5-18-16(17(21)23)19-9-12-10-22(7-8-24-12)11-15-20-13-3-2-4-14(13)25-15/h5-6,12H,2-4,7-11H2,1H3,(H,18,19)/t12-/m0/s1. The molecule has 0 radical (unpaired) electrons. The number of rotatable bonds is 5. The van der Waals surface area contributed by atoms with Gasteiger partial charge in [0.1, 0.15) is 5.01 Å². The molecule has 2 aromatic heterocycles. The van der Waals surface area contributed by atoms with Gasteiger partial charge in [-0.1, -0.05) is 0 Å². The third-order valence-electron chi connectivity index (χ3n) is 4.74. The second-order valence-electron chi connectivity index (χ2n) is 6.63. The third-order valence-corrected chi connectivity index (χ3v) is 5.88. The van der Waals surface area contributed by atoms with E-state index in [1.165, 1.54) is 33.0 Å². The Morgan fingerprint density at radius 2 is 2.36 bits per heavy atom. The van der Waals surface area contributed by atoms with E-state index in [9.17, 15) is 4.79 Å². The Morgan fingerprint density at radius 1 is 1.44 bits per heavy atom. The number of hydrogen-bond acceptors (Lipinski definition) is 7. The second-order valence-corrected chi connectivity index (χ2v) is 7.80. The normalized spacial score (nSPS) is 20.6. The fourth-order valence-electron chi connectivity index (χ4n) is 3.38. The van der Waals surface area contributed by atoms with Crippen molar-refractivity contribution in [1.82, 2.24) is 19.4 Å². The Balaban J connectivity index is 1.33. The minimum Gasteiger partial charge on any atom is -0.374 e. The van der Waals surface area contributed by atoms with Gasteiger partial charge in [-0.25, -0.2) is 9.97 Å². The van der Waals surface area contributed by atoms with Crippen molar-refractivity contribution in [3.63, 3.8) is 0 Å². The number of thiazole rings is 1. The van der Waals surface area contributed by atoms with Gasteiger partial charge in [0.15, 0.2) is 5.82 Å². The Kier molecular flexibility index (Phi) is 4.82. The van der Waals surface area contributed by atoms with Gasteiger partial charge in [0, 0.05) is 44.0 Å². The number of fused-ring (bicyclic) bond motifs is 1. The van der Waals surface area contributed by atoms with Gasteiger partial charge in [-0.05, 0) is 19.3 Å². The summed E-state index contributed by atoms with van der Waals surface area (Å²) in [5, 5.41) is 4.35. The molecule has 0 unspecified atom stereocenters. The molecule has 7 nitrogen and oxygen atoms in total. The summed E-state index contributed by atoms with van der Waals surface area (Å²) >= 11 is 1.87. The first-order valence-electron chi connectivity index (χ1n) is 8.76. The van der Waals surface area contributed by atoms with Crippen LogP contribution in [-0.2, 0) is 31.2 Å². The highest BCUT2D eigenvalue weighted by Crippen LogP contribution is 2.28.